The number of nitrogens with zero attached hydrogens (tertiary/aromatic N) is 2. The highest BCUT2D eigenvalue weighted by atomic mass is 32.1. The molecule has 2 heterocycles. The van der Waals surface area contributed by atoms with Gasteiger partial charge in [-0.3, -0.25) is 4.57 Å². The molecule has 5 nitrogen and oxygen atoms in total. The van der Waals surface area contributed by atoms with Crippen LogP contribution in [0.3, 0.4) is 0 Å². The second-order valence-electron chi connectivity index (χ2n) is 6.06. The molecule has 0 aliphatic carbocycles. The molecule has 2 N–H and O–H groups in total. The van der Waals surface area contributed by atoms with Crippen LogP contribution in [0.25, 0.3) is 5.00 Å². The van der Waals surface area contributed by atoms with Gasteiger partial charge >= 0.3 is 7.12 Å². The van der Waals surface area contributed by atoms with E-state index in [4.69, 9.17) is 4.65 Å². The number of imidazole rings is 1. The van der Waals surface area contributed by atoms with Crippen molar-refractivity contribution in [2.24, 2.45) is 0 Å². The molecule has 0 aliphatic heterocycles. The summed E-state index contributed by atoms with van der Waals surface area (Å²) < 4.78 is 8.28. The van der Waals surface area contributed by atoms with E-state index in [0.717, 1.165) is 10.8 Å². The quantitative estimate of drug-likeness (QED) is 0.821. The zero-order valence-corrected chi connectivity index (χ0v) is 13.8. The van der Waals surface area contributed by atoms with Crippen LogP contribution in [0.4, 0.5) is 0 Å². The molecule has 0 aliphatic rings. The number of aliphatic hydroxyl groups is 1. The number of aromatic nitrogens is 2. The number of thiophene rings is 1. The average molecular weight is 308 g/mol. The Balaban J connectivity index is 2.17. The first kappa shape index (κ1) is 16.2. The maximum atomic E-state index is 10.3. The van der Waals surface area contributed by atoms with Crippen molar-refractivity contribution in [2.45, 2.75) is 45.8 Å². The van der Waals surface area contributed by atoms with Crippen molar-refractivity contribution in [2.75, 3.05) is 0 Å². The molecule has 0 unspecified atom stereocenters. The molecule has 0 bridgehead atoms. The number of hydrogen-bond acceptors (Lipinski definition) is 5. The molecular weight excluding hydrogens is 287 g/mol. The van der Waals surface area contributed by atoms with Gasteiger partial charge < -0.3 is 14.8 Å². The summed E-state index contributed by atoms with van der Waals surface area (Å²) in [5.41, 5.74) is -1.93. The Morgan fingerprint density at radius 2 is 1.95 bits per heavy atom. The lowest BCUT2D eigenvalue weighted by molar-refractivity contribution is -0.0981. The zero-order chi connectivity index (χ0) is 15.8. The van der Waals surface area contributed by atoms with Crippen molar-refractivity contribution in [1.82, 2.24) is 9.55 Å². The standard InChI is InChI=1S/C14H21BN2O3S/c1-10-16-8-9-17(10)12-7-6-11(21-12)15(19)20-14(4,5)13(2,3)18/h6-9,18-19H,1-5H3. The Bertz CT molecular complexity index is 616. The van der Waals surface area contributed by atoms with Gasteiger partial charge in [0.15, 0.2) is 0 Å². The van der Waals surface area contributed by atoms with Crippen molar-refractivity contribution in [3.63, 3.8) is 0 Å². The smallest absolute Gasteiger partial charge is 0.423 e. The summed E-state index contributed by atoms with van der Waals surface area (Å²) in [7, 11) is -1.07. The molecule has 0 atom stereocenters. The number of hydrogen-bond donors (Lipinski definition) is 2. The predicted molar refractivity (Wildman–Crippen MR) is 85.2 cm³/mol. The minimum absolute atomic E-state index is 0.690. The molecule has 114 valence electrons. The molecule has 0 amide bonds. The van der Waals surface area contributed by atoms with Crippen LogP contribution in [0.5, 0.6) is 0 Å². The Morgan fingerprint density at radius 1 is 1.29 bits per heavy atom. The third-order valence-electron chi connectivity index (χ3n) is 3.80. The number of aryl methyl sites for hydroxylation is 1. The summed E-state index contributed by atoms with van der Waals surface area (Å²) in [6.45, 7) is 8.75. The molecule has 21 heavy (non-hydrogen) atoms. The van der Waals surface area contributed by atoms with Crippen LogP contribution in [0, 0.1) is 6.92 Å². The van der Waals surface area contributed by atoms with E-state index in [9.17, 15) is 10.1 Å². The van der Waals surface area contributed by atoms with E-state index >= 15 is 0 Å². The molecule has 0 aromatic carbocycles. The van der Waals surface area contributed by atoms with Crippen molar-refractivity contribution in [3.05, 3.63) is 30.4 Å². The molecule has 0 radical (unpaired) electrons. The predicted octanol–water partition coefficient (Wildman–Crippen LogP) is 1.50. The molecule has 2 rings (SSSR count). The van der Waals surface area contributed by atoms with Crippen molar-refractivity contribution >= 4 is 23.2 Å². The molecule has 2 aromatic rings. The molecular formula is C14H21BN2O3S. The molecule has 0 saturated heterocycles. The third-order valence-corrected chi connectivity index (χ3v) is 4.91. The second kappa shape index (κ2) is 5.57. The largest absolute Gasteiger partial charge is 0.502 e. The highest BCUT2D eigenvalue weighted by Gasteiger charge is 2.39. The van der Waals surface area contributed by atoms with Crippen LogP contribution in [-0.4, -0.2) is 38.0 Å². The van der Waals surface area contributed by atoms with Gasteiger partial charge in [-0.1, -0.05) is 0 Å². The molecule has 0 fully saturated rings. The molecule has 0 spiro atoms. The Kier molecular flexibility index (Phi) is 4.30. The van der Waals surface area contributed by atoms with Crippen LogP contribution < -0.4 is 4.78 Å². The van der Waals surface area contributed by atoms with Crippen LogP contribution >= 0.6 is 11.3 Å². The van der Waals surface area contributed by atoms with Gasteiger partial charge in [-0.15, -0.1) is 11.3 Å². The van der Waals surface area contributed by atoms with Crippen LogP contribution in [-0.2, 0) is 4.65 Å². The van der Waals surface area contributed by atoms with E-state index in [2.05, 4.69) is 4.98 Å². The highest BCUT2D eigenvalue weighted by Crippen LogP contribution is 2.26. The van der Waals surface area contributed by atoms with Gasteiger partial charge in [0.05, 0.1) is 11.2 Å². The second-order valence-corrected chi connectivity index (χ2v) is 7.15. The minimum atomic E-state index is -1.07. The highest BCUT2D eigenvalue weighted by molar-refractivity contribution is 7.24. The van der Waals surface area contributed by atoms with E-state index in [1.165, 1.54) is 11.3 Å². The fourth-order valence-corrected chi connectivity index (χ4v) is 2.65. The van der Waals surface area contributed by atoms with Crippen molar-refractivity contribution in [1.29, 1.82) is 0 Å². The third kappa shape index (κ3) is 3.37. The Morgan fingerprint density at radius 3 is 2.48 bits per heavy atom. The fraction of sp³-hybridized carbons (Fsp3) is 0.500. The Hall–Kier alpha value is -1.15. The van der Waals surface area contributed by atoms with Crippen LogP contribution in [0.1, 0.15) is 33.5 Å². The SMILES string of the molecule is Cc1nccn1-c1ccc(B(O)OC(C)(C)C(C)(C)O)s1. The lowest BCUT2D eigenvalue weighted by Gasteiger charge is -2.38. The van der Waals surface area contributed by atoms with E-state index in [-0.39, 0.29) is 0 Å². The Labute approximate surface area is 129 Å². The first-order valence-corrected chi connectivity index (χ1v) is 7.62. The first-order chi connectivity index (χ1) is 9.62. The van der Waals surface area contributed by atoms with E-state index in [1.807, 2.05) is 29.8 Å². The minimum Gasteiger partial charge on any atom is -0.423 e. The molecule has 2 aromatic heterocycles. The number of rotatable bonds is 5. The molecule has 7 heteroatoms. The van der Waals surface area contributed by atoms with Gasteiger partial charge in [-0.05, 0) is 46.8 Å². The fourth-order valence-electron chi connectivity index (χ4n) is 1.70. The lowest BCUT2D eigenvalue weighted by Crippen LogP contribution is -2.52. The topological polar surface area (TPSA) is 67.5 Å². The van der Waals surface area contributed by atoms with Gasteiger partial charge in [-0.25, -0.2) is 4.98 Å². The summed E-state index contributed by atoms with van der Waals surface area (Å²) in [4.78, 5) is 4.18. The summed E-state index contributed by atoms with van der Waals surface area (Å²) in [5, 5.41) is 21.3. The monoisotopic (exact) mass is 308 g/mol. The van der Waals surface area contributed by atoms with E-state index in [1.54, 1.807) is 33.9 Å². The zero-order valence-electron chi connectivity index (χ0n) is 13.0. The maximum Gasteiger partial charge on any atom is 0.502 e. The summed E-state index contributed by atoms with van der Waals surface area (Å²) in [5.74, 6) is 0.885. The van der Waals surface area contributed by atoms with Crippen LogP contribution in [0.15, 0.2) is 24.5 Å². The van der Waals surface area contributed by atoms with Gasteiger partial charge in [0.25, 0.3) is 0 Å². The van der Waals surface area contributed by atoms with Crippen LogP contribution in [0.2, 0.25) is 0 Å². The van der Waals surface area contributed by atoms with Gasteiger partial charge in [0.2, 0.25) is 0 Å². The van der Waals surface area contributed by atoms with Crippen molar-refractivity contribution in [3.8, 4) is 5.00 Å². The molecule has 0 saturated carbocycles. The first-order valence-electron chi connectivity index (χ1n) is 6.80. The van der Waals surface area contributed by atoms with Gasteiger partial charge in [0, 0.05) is 17.2 Å². The average Bonchev–Trinajstić information content (AvgIpc) is 2.94. The summed E-state index contributed by atoms with van der Waals surface area (Å²) >= 11 is 1.43. The van der Waals surface area contributed by atoms with Crippen molar-refractivity contribution < 1.29 is 14.8 Å². The normalized spacial score (nSPS) is 12.7. The van der Waals surface area contributed by atoms with E-state index in [0.29, 0.717) is 4.78 Å². The van der Waals surface area contributed by atoms with E-state index < -0.39 is 18.3 Å². The summed E-state index contributed by atoms with van der Waals surface area (Å²) in [6, 6.07) is 3.74. The van der Waals surface area contributed by atoms with Gasteiger partial charge in [0.1, 0.15) is 10.8 Å². The summed E-state index contributed by atoms with van der Waals surface area (Å²) in [6.07, 6.45) is 3.61. The lowest BCUT2D eigenvalue weighted by atomic mass is 9.82. The van der Waals surface area contributed by atoms with Gasteiger partial charge in [-0.2, -0.15) is 0 Å². The maximum absolute atomic E-state index is 10.3.